The van der Waals surface area contributed by atoms with Gasteiger partial charge in [0, 0.05) is 13.1 Å². The number of rotatable bonds is 0. The van der Waals surface area contributed by atoms with Gasteiger partial charge >= 0.3 is 0 Å². The average Bonchev–Trinajstić information content (AvgIpc) is 2.25. The summed E-state index contributed by atoms with van der Waals surface area (Å²) < 4.78 is 5.10. The Morgan fingerprint density at radius 2 is 1.60 bits per heavy atom. The van der Waals surface area contributed by atoms with Crippen molar-refractivity contribution in [2.24, 2.45) is 5.92 Å². The van der Waals surface area contributed by atoms with Crippen LogP contribution in [-0.4, -0.2) is 49.5 Å². The first-order valence-corrected chi connectivity index (χ1v) is 6.13. The van der Waals surface area contributed by atoms with Crippen LogP contribution in [0.15, 0.2) is 0 Å². The van der Waals surface area contributed by atoms with Crippen molar-refractivity contribution in [3.05, 3.63) is 0 Å². The Balaban J connectivity index is 0.000000151. The van der Waals surface area contributed by atoms with Crippen molar-refractivity contribution in [1.82, 2.24) is 4.90 Å². The van der Waals surface area contributed by atoms with Crippen LogP contribution in [0.4, 0.5) is 0 Å². The van der Waals surface area contributed by atoms with E-state index in [1.165, 1.54) is 12.8 Å². The summed E-state index contributed by atoms with van der Waals surface area (Å²) in [5.41, 5.74) is 0. The zero-order chi connectivity index (χ0) is 11.1. The van der Waals surface area contributed by atoms with Gasteiger partial charge in [-0.2, -0.15) is 0 Å². The summed E-state index contributed by atoms with van der Waals surface area (Å²) in [7, 11) is 2.11. The Kier molecular flexibility index (Phi) is 6.22. The van der Waals surface area contributed by atoms with Gasteiger partial charge < -0.3 is 14.7 Å². The monoisotopic (exact) mass is 215 g/mol. The number of hydrogen-bond donors (Lipinski definition) is 1. The van der Waals surface area contributed by atoms with Gasteiger partial charge in [0.15, 0.2) is 0 Å². The highest BCUT2D eigenvalue weighted by Crippen LogP contribution is 2.22. The van der Waals surface area contributed by atoms with Crippen molar-refractivity contribution in [3.63, 3.8) is 0 Å². The molecule has 2 aliphatic rings. The van der Waals surface area contributed by atoms with E-state index >= 15 is 0 Å². The predicted molar refractivity (Wildman–Crippen MR) is 62.0 cm³/mol. The maximum Gasteiger partial charge on any atom is 0.0594 e. The fourth-order valence-corrected chi connectivity index (χ4v) is 1.90. The third-order valence-electron chi connectivity index (χ3n) is 3.22. The van der Waals surface area contributed by atoms with Crippen molar-refractivity contribution < 1.29 is 9.84 Å². The highest BCUT2D eigenvalue weighted by atomic mass is 16.5. The molecule has 2 rings (SSSR count). The van der Waals surface area contributed by atoms with Gasteiger partial charge in [0.2, 0.25) is 0 Å². The van der Waals surface area contributed by atoms with Gasteiger partial charge in [-0.3, -0.25) is 0 Å². The molecule has 0 unspecified atom stereocenters. The fourth-order valence-electron chi connectivity index (χ4n) is 1.90. The molecule has 15 heavy (non-hydrogen) atoms. The molecule has 1 N–H and O–H groups in total. The van der Waals surface area contributed by atoms with Crippen LogP contribution in [0.25, 0.3) is 0 Å². The van der Waals surface area contributed by atoms with Gasteiger partial charge in [-0.25, -0.2) is 0 Å². The van der Waals surface area contributed by atoms with E-state index in [4.69, 9.17) is 9.84 Å². The molecule has 1 aliphatic heterocycles. The molecule has 1 saturated carbocycles. The molecule has 3 heteroatoms. The number of aliphatic hydroxyl groups excluding tert-OH is 1. The lowest BCUT2D eigenvalue weighted by atomic mass is 9.89. The molecule has 0 radical (unpaired) electrons. The standard InChI is InChI=1S/C7H14O.C5H11NO/c1-6-2-4-7(8)5-3-6;1-6-2-4-7-5-3-6/h6-8H,2-5H2,1H3;2-5H2,1H3. The molecule has 1 heterocycles. The van der Waals surface area contributed by atoms with Crippen LogP contribution in [-0.2, 0) is 4.74 Å². The summed E-state index contributed by atoms with van der Waals surface area (Å²) >= 11 is 0. The van der Waals surface area contributed by atoms with E-state index in [2.05, 4.69) is 18.9 Å². The first-order chi connectivity index (χ1) is 7.18. The van der Waals surface area contributed by atoms with Gasteiger partial charge in [0.05, 0.1) is 19.3 Å². The molecule has 0 amide bonds. The quantitative estimate of drug-likeness (QED) is 0.665. The third kappa shape index (κ3) is 6.13. The largest absolute Gasteiger partial charge is 0.393 e. The van der Waals surface area contributed by atoms with Crippen LogP contribution in [0.5, 0.6) is 0 Å². The zero-order valence-electron chi connectivity index (χ0n) is 10.1. The Labute approximate surface area is 93.4 Å². The van der Waals surface area contributed by atoms with Crippen LogP contribution >= 0.6 is 0 Å². The summed E-state index contributed by atoms with van der Waals surface area (Å²) in [5.74, 6) is 0.860. The van der Waals surface area contributed by atoms with E-state index in [0.717, 1.165) is 45.1 Å². The fraction of sp³-hybridized carbons (Fsp3) is 1.00. The third-order valence-corrected chi connectivity index (χ3v) is 3.22. The van der Waals surface area contributed by atoms with Gasteiger partial charge in [-0.1, -0.05) is 6.92 Å². The van der Waals surface area contributed by atoms with Crippen LogP contribution in [0.2, 0.25) is 0 Å². The Hall–Kier alpha value is -0.120. The summed E-state index contributed by atoms with van der Waals surface area (Å²) in [5, 5.41) is 9.03. The van der Waals surface area contributed by atoms with Gasteiger partial charge in [0.25, 0.3) is 0 Å². The van der Waals surface area contributed by atoms with Gasteiger partial charge in [-0.05, 0) is 38.6 Å². The number of likely N-dealkylation sites (N-methyl/N-ethyl adjacent to an activating group) is 1. The first kappa shape index (κ1) is 12.9. The van der Waals surface area contributed by atoms with E-state index in [1.54, 1.807) is 0 Å². The summed E-state index contributed by atoms with van der Waals surface area (Å²) in [4.78, 5) is 2.27. The maximum atomic E-state index is 9.03. The molecule has 3 nitrogen and oxygen atoms in total. The minimum absolute atomic E-state index is 0.0196. The van der Waals surface area contributed by atoms with Crippen molar-refractivity contribution in [2.75, 3.05) is 33.4 Å². The predicted octanol–water partition coefficient (Wildman–Crippen LogP) is 1.51. The highest BCUT2D eigenvalue weighted by Gasteiger charge is 2.14. The second kappa shape index (κ2) is 7.20. The Morgan fingerprint density at radius 1 is 1.07 bits per heavy atom. The van der Waals surface area contributed by atoms with E-state index in [-0.39, 0.29) is 6.10 Å². The summed E-state index contributed by atoms with van der Waals surface area (Å²) in [6.45, 7) is 6.28. The SMILES string of the molecule is CC1CCC(O)CC1.CN1CCOCC1. The van der Waals surface area contributed by atoms with E-state index in [0.29, 0.717) is 0 Å². The van der Waals surface area contributed by atoms with Crippen LogP contribution in [0.3, 0.4) is 0 Å². The second-order valence-corrected chi connectivity index (χ2v) is 4.83. The lowest BCUT2D eigenvalue weighted by molar-refractivity contribution is 0.0503. The molecule has 2 fully saturated rings. The number of ether oxygens (including phenoxy) is 1. The normalized spacial score (nSPS) is 33.0. The minimum atomic E-state index is 0.0196. The van der Waals surface area contributed by atoms with E-state index < -0.39 is 0 Å². The smallest absolute Gasteiger partial charge is 0.0594 e. The van der Waals surface area contributed by atoms with Crippen molar-refractivity contribution in [2.45, 2.75) is 38.7 Å². The summed E-state index contributed by atoms with van der Waals surface area (Å²) in [6.07, 6.45) is 4.52. The van der Waals surface area contributed by atoms with E-state index in [1.807, 2.05) is 0 Å². The molecule has 0 spiro atoms. The van der Waals surface area contributed by atoms with Crippen molar-refractivity contribution >= 4 is 0 Å². The Bertz CT molecular complexity index is 140. The van der Waals surface area contributed by atoms with Gasteiger partial charge in [-0.15, -0.1) is 0 Å². The molecular weight excluding hydrogens is 190 g/mol. The lowest BCUT2D eigenvalue weighted by Crippen LogP contribution is -2.32. The number of morpholine rings is 1. The number of nitrogens with zero attached hydrogens (tertiary/aromatic N) is 1. The second-order valence-electron chi connectivity index (χ2n) is 4.83. The molecule has 0 aromatic heterocycles. The zero-order valence-corrected chi connectivity index (χ0v) is 10.1. The van der Waals surface area contributed by atoms with Gasteiger partial charge in [0.1, 0.15) is 0 Å². The van der Waals surface area contributed by atoms with Crippen molar-refractivity contribution in [3.8, 4) is 0 Å². The summed E-state index contributed by atoms with van der Waals surface area (Å²) in [6, 6.07) is 0. The molecule has 0 aromatic carbocycles. The topological polar surface area (TPSA) is 32.7 Å². The maximum absolute atomic E-state index is 9.03. The molecule has 90 valence electrons. The molecule has 0 bridgehead atoms. The number of aliphatic hydroxyl groups is 1. The molecule has 1 saturated heterocycles. The van der Waals surface area contributed by atoms with Crippen LogP contribution in [0.1, 0.15) is 32.6 Å². The average molecular weight is 215 g/mol. The Morgan fingerprint density at radius 3 is 1.93 bits per heavy atom. The van der Waals surface area contributed by atoms with Crippen LogP contribution in [0, 0.1) is 5.92 Å². The minimum Gasteiger partial charge on any atom is -0.393 e. The van der Waals surface area contributed by atoms with Crippen molar-refractivity contribution in [1.29, 1.82) is 0 Å². The lowest BCUT2D eigenvalue weighted by Gasteiger charge is -2.21. The first-order valence-electron chi connectivity index (χ1n) is 6.13. The molecular formula is C12H25NO2. The van der Waals surface area contributed by atoms with Crippen LogP contribution < -0.4 is 0 Å². The number of hydrogen-bond acceptors (Lipinski definition) is 3. The molecule has 1 aliphatic carbocycles. The highest BCUT2D eigenvalue weighted by molar-refractivity contribution is 4.67. The molecule has 0 aromatic rings. The van der Waals surface area contributed by atoms with E-state index in [9.17, 15) is 0 Å². The molecule has 0 atom stereocenters.